The zero-order valence-corrected chi connectivity index (χ0v) is 9.63. The number of aromatic nitrogens is 1. The molecule has 0 aliphatic carbocycles. The first kappa shape index (κ1) is 12.4. The molecule has 0 unspecified atom stereocenters. The van der Waals surface area contributed by atoms with Gasteiger partial charge in [-0.05, 0) is 18.2 Å². The Morgan fingerprint density at radius 2 is 2.26 bits per heavy atom. The predicted octanol–water partition coefficient (Wildman–Crippen LogP) is 1.32. The summed E-state index contributed by atoms with van der Waals surface area (Å²) >= 11 is 0. The van der Waals surface area contributed by atoms with E-state index in [1.165, 1.54) is 18.3 Å². The minimum Gasteiger partial charge on any atom is -0.400 e. The molecule has 0 fully saturated rings. The van der Waals surface area contributed by atoms with E-state index in [2.05, 4.69) is 15.2 Å². The van der Waals surface area contributed by atoms with Crippen molar-refractivity contribution >= 4 is 17.9 Å². The van der Waals surface area contributed by atoms with Crippen molar-refractivity contribution in [2.75, 3.05) is 0 Å². The second-order valence-electron chi connectivity index (χ2n) is 3.38. The molecule has 8 heteroatoms. The molecule has 0 saturated heterocycles. The number of nitrogens with zero attached hydrogens (tertiary/aromatic N) is 4. The van der Waals surface area contributed by atoms with Gasteiger partial charge in [-0.3, -0.25) is 15.1 Å². The van der Waals surface area contributed by atoms with Gasteiger partial charge in [0, 0.05) is 6.20 Å². The third-order valence-corrected chi connectivity index (χ3v) is 2.07. The van der Waals surface area contributed by atoms with E-state index >= 15 is 0 Å². The van der Waals surface area contributed by atoms with Crippen molar-refractivity contribution in [3.05, 3.63) is 58.1 Å². The molecule has 0 spiro atoms. The van der Waals surface area contributed by atoms with Crippen LogP contribution in [0.2, 0.25) is 0 Å². The zero-order valence-electron chi connectivity index (χ0n) is 9.63. The molecular formula is C11H9N5O3. The lowest BCUT2D eigenvalue weighted by Gasteiger charge is -1.94. The third-order valence-electron chi connectivity index (χ3n) is 2.07. The van der Waals surface area contributed by atoms with E-state index in [9.17, 15) is 10.1 Å². The summed E-state index contributed by atoms with van der Waals surface area (Å²) in [5.74, 6) is -0.00898. The second-order valence-corrected chi connectivity index (χ2v) is 3.38. The molecule has 2 aromatic rings. The van der Waals surface area contributed by atoms with Crippen LogP contribution >= 0.6 is 0 Å². The van der Waals surface area contributed by atoms with Gasteiger partial charge in [0.25, 0.3) is 0 Å². The Morgan fingerprint density at radius 3 is 2.89 bits per heavy atom. The molecule has 0 aliphatic heterocycles. The predicted molar refractivity (Wildman–Crippen MR) is 67.9 cm³/mol. The van der Waals surface area contributed by atoms with Gasteiger partial charge in [0.15, 0.2) is 11.6 Å². The Balaban J connectivity index is 2.08. The van der Waals surface area contributed by atoms with Crippen LogP contribution in [0.3, 0.4) is 0 Å². The molecule has 2 N–H and O–H groups in total. The summed E-state index contributed by atoms with van der Waals surface area (Å²) < 4.78 is 4.86. The molecule has 0 amide bonds. The van der Waals surface area contributed by atoms with Crippen LogP contribution < -0.4 is 5.73 Å². The summed E-state index contributed by atoms with van der Waals surface area (Å²) in [6.07, 6.45) is 2.81. The van der Waals surface area contributed by atoms with Crippen LogP contribution in [0.25, 0.3) is 0 Å². The summed E-state index contributed by atoms with van der Waals surface area (Å²) in [5, 5.41) is 17.8. The van der Waals surface area contributed by atoms with Crippen LogP contribution in [0.1, 0.15) is 11.5 Å². The number of hydrogen-bond donors (Lipinski definition) is 1. The van der Waals surface area contributed by atoms with Gasteiger partial charge in [-0.25, -0.2) is 0 Å². The first-order chi connectivity index (χ1) is 9.16. The van der Waals surface area contributed by atoms with Crippen molar-refractivity contribution in [2.24, 2.45) is 15.9 Å². The highest BCUT2D eigenvalue weighted by Gasteiger charge is 2.10. The summed E-state index contributed by atoms with van der Waals surface area (Å²) in [6.45, 7) is 0. The second kappa shape index (κ2) is 5.54. The molecule has 8 nitrogen and oxygen atoms in total. The quantitative estimate of drug-likeness (QED) is 0.384. The number of hydrogen-bond acceptors (Lipinski definition) is 6. The topological polar surface area (TPSA) is 120 Å². The van der Waals surface area contributed by atoms with Gasteiger partial charge >= 0.3 is 5.88 Å². The van der Waals surface area contributed by atoms with E-state index < -0.39 is 4.92 Å². The molecule has 0 aromatic carbocycles. The van der Waals surface area contributed by atoms with E-state index in [0.717, 1.165) is 0 Å². The Labute approximate surface area is 107 Å². The highest BCUT2D eigenvalue weighted by atomic mass is 16.6. The average molecular weight is 259 g/mol. The van der Waals surface area contributed by atoms with E-state index in [0.29, 0.717) is 5.69 Å². The smallest absolute Gasteiger partial charge is 0.400 e. The lowest BCUT2D eigenvalue weighted by atomic mass is 10.3. The van der Waals surface area contributed by atoms with Gasteiger partial charge < -0.3 is 10.2 Å². The van der Waals surface area contributed by atoms with Gasteiger partial charge in [-0.2, -0.15) is 5.10 Å². The molecule has 0 saturated carbocycles. The van der Waals surface area contributed by atoms with Crippen molar-refractivity contribution in [3.8, 4) is 0 Å². The van der Waals surface area contributed by atoms with Crippen LogP contribution in [0.15, 0.2) is 51.1 Å². The summed E-state index contributed by atoms with van der Waals surface area (Å²) in [7, 11) is 0. The van der Waals surface area contributed by atoms with Crippen LogP contribution in [-0.2, 0) is 0 Å². The van der Waals surface area contributed by atoms with Crippen molar-refractivity contribution in [2.45, 2.75) is 0 Å². The maximum atomic E-state index is 10.4. The molecule has 0 atom stereocenters. The molecule has 0 bridgehead atoms. The standard InChI is InChI=1S/C11H9N5O3/c12-11(9-3-1-2-6-13-9)15-14-7-8-4-5-10(19-8)16(17)18/h1-7H,(H2,12,15)/b14-7+. The molecule has 2 rings (SSSR count). The van der Waals surface area contributed by atoms with Crippen molar-refractivity contribution in [1.82, 2.24) is 4.98 Å². The highest BCUT2D eigenvalue weighted by molar-refractivity contribution is 5.95. The Kier molecular flexibility index (Phi) is 3.62. The molecular weight excluding hydrogens is 250 g/mol. The third kappa shape index (κ3) is 3.22. The average Bonchev–Trinajstić information content (AvgIpc) is 2.89. The molecule has 2 aromatic heterocycles. The van der Waals surface area contributed by atoms with Gasteiger partial charge in [-0.1, -0.05) is 6.07 Å². The summed E-state index contributed by atoms with van der Waals surface area (Å²) in [4.78, 5) is 13.7. The number of amidine groups is 1. The molecule has 0 aliphatic rings. The number of pyridine rings is 1. The van der Waals surface area contributed by atoms with Crippen LogP contribution in [0, 0.1) is 10.1 Å². The fraction of sp³-hybridized carbons (Fsp3) is 0. The maximum Gasteiger partial charge on any atom is 0.433 e. The summed E-state index contributed by atoms with van der Waals surface area (Å²) in [5.41, 5.74) is 6.14. The highest BCUT2D eigenvalue weighted by Crippen LogP contribution is 2.13. The number of furan rings is 1. The molecule has 2 heterocycles. The van der Waals surface area contributed by atoms with Crippen LogP contribution in [0.4, 0.5) is 5.88 Å². The first-order valence-electron chi connectivity index (χ1n) is 5.19. The van der Waals surface area contributed by atoms with Crippen molar-refractivity contribution in [1.29, 1.82) is 0 Å². The van der Waals surface area contributed by atoms with E-state index in [4.69, 9.17) is 10.2 Å². The zero-order chi connectivity index (χ0) is 13.7. The minimum absolute atomic E-state index is 0.137. The lowest BCUT2D eigenvalue weighted by Crippen LogP contribution is -2.14. The number of rotatable bonds is 4. The van der Waals surface area contributed by atoms with E-state index in [1.807, 2.05) is 0 Å². The first-order valence-corrected chi connectivity index (χ1v) is 5.19. The maximum absolute atomic E-state index is 10.4. The summed E-state index contributed by atoms with van der Waals surface area (Å²) in [6, 6.07) is 7.85. The Morgan fingerprint density at radius 1 is 1.42 bits per heavy atom. The number of nitrogens with two attached hydrogens (primary N) is 1. The van der Waals surface area contributed by atoms with Crippen LogP contribution in [-0.4, -0.2) is 22.0 Å². The van der Waals surface area contributed by atoms with E-state index in [1.54, 1.807) is 24.4 Å². The molecule has 96 valence electrons. The lowest BCUT2D eigenvalue weighted by molar-refractivity contribution is -0.402. The monoisotopic (exact) mass is 259 g/mol. The van der Waals surface area contributed by atoms with Gasteiger partial charge in [-0.15, -0.1) is 5.10 Å². The largest absolute Gasteiger partial charge is 0.433 e. The van der Waals surface area contributed by atoms with Crippen LogP contribution in [0.5, 0.6) is 0 Å². The number of nitro groups is 1. The fourth-order valence-corrected chi connectivity index (χ4v) is 1.22. The van der Waals surface area contributed by atoms with Gasteiger partial charge in [0.1, 0.15) is 10.6 Å². The molecule has 19 heavy (non-hydrogen) atoms. The SMILES string of the molecule is N/C(=N\N=C\c1ccc([N+](=O)[O-])o1)c1ccccn1. The van der Waals surface area contributed by atoms with Crippen molar-refractivity contribution < 1.29 is 9.34 Å². The normalized spacial score (nSPS) is 11.9. The molecule has 0 radical (unpaired) electrons. The fourth-order valence-electron chi connectivity index (χ4n) is 1.22. The Bertz CT molecular complexity index is 633. The van der Waals surface area contributed by atoms with Gasteiger partial charge in [0.05, 0.1) is 12.3 Å². The van der Waals surface area contributed by atoms with Gasteiger partial charge in [0.2, 0.25) is 0 Å². The van der Waals surface area contributed by atoms with Crippen molar-refractivity contribution in [3.63, 3.8) is 0 Å². The minimum atomic E-state index is -0.636. The Hall–Kier alpha value is -3.03. The van der Waals surface area contributed by atoms with E-state index in [-0.39, 0.29) is 17.5 Å².